The summed E-state index contributed by atoms with van der Waals surface area (Å²) in [5.74, 6) is 0.258. The number of hydrogen-bond donors (Lipinski definition) is 1. The first-order valence-electron chi connectivity index (χ1n) is 9.31. The molecule has 1 N–H and O–H groups in total. The van der Waals surface area contributed by atoms with E-state index in [1.54, 1.807) is 19.2 Å². The van der Waals surface area contributed by atoms with Gasteiger partial charge >= 0.3 is 0 Å². The van der Waals surface area contributed by atoms with E-state index in [0.29, 0.717) is 12.1 Å². The van der Waals surface area contributed by atoms with Crippen LogP contribution in [-0.4, -0.2) is 57.2 Å². The van der Waals surface area contributed by atoms with E-state index < -0.39 is 5.82 Å². The average Bonchev–Trinajstić information content (AvgIpc) is 2.71. The van der Waals surface area contributed by atoms with E-state index in [1.165, 1.54) is 17.8 Å². The number of piperazine rings is 1. The molecule has 0 aliphatic carbocycles. The summed E-state index contributed by atoms with van der Waals surface area (Å²) in [6, 6.07) is 13.9. The second-order valence-electron chi connectivity index (χ2n) is 6.65. The van der Waals surface area contributed by atoms with Crippen molar-refractivity contribution in [1.82, 2.24) is 10.2 Å². The molecule has 0 atom stereocenters. The number of ether oxygens (including phenoxy) is 1. The Bertz CT molecular complexity index is 743. The fraction of sp³-hybridized carbons (Fsp3) is 0.381. The van der Waals surface area contributed by atoms with Gasteiger partial charge < -0.3 is 15.0 Å². The first-order valence-corrected chi connectivity index (χ1v) is 9.31. The molecule has 2 aromatic carbocycles. The number of nitrogens with zero attached hydrogens (tertiary/aromatic N) is 2. The Balaban J connectivity index is 1.35. The van der Waals surface area contributed by atoms with Crippen LogP contribution in [0.1, 0.15) is 16.8 Å². The quantitative estimate of drug-likeness (QED) is 0.761. The van der Waals surface area contributed by atoms with Gasteiger partial charge in [0, 0.05) is 44.0 Å². The predicted octanol–water partition coefficient (Wildman–Crippen LogP) is 2.78. The number of amides is 1. The smallest absolute Gasteiger partial charge is 0.251 e. The summed E-state index contributed by atoms with van der Waals surface area (Å²) in [6.07, 6.45) is 0.879. The lowest BCUT2D eigenvalue weighted by Crippen LogP contribution is -2.47. The van der Waals surface area contributed by atoms with Crippen LogP contribution >= 0.6 is 0 Å². The van der Waals surface area contributed by atoms with Crippen LogP contribution in [0.5, 0.6) is 5.75 Å². The molecule has 1 heterocycles. The molecule has 1 aliphatic rings. The molecular formula is C21H26FN3O2. The highest BCUT2D eigenvalue weighted by atomic mass is 19.1. The van der Waals surface area contributed by atoms with Crippen molar-refractivity contribution in [3.8, 4) is 5.75 Å². The van der Waals surface area contributed by atoms with Crippen molar-refractivity contribution in [3.63, 3.8) is 0 Å². The zero-order chi connectivity index (χ0) is 19.1. The van der Waals surface area contributed by atoms with Gasteiger partial charge in [0.2, 0.25) is 0 Å². The molecule has 0 bridgehead atoms. The molecule has 144 valence electrons. The van der Waals surface area contributed by atoms with Crippen molar-refractivity contribution in [1.29, 1.82) is 0 Å². The van der Waals surface area contributed by atoms with Crippen LogP contribution in [0.4, 0.5) is 10.1 Å². The molecule has 1 aliphatic heterocycles. The molecule has 6 heteroatoms. The fourth-order valence-electron chi connectivity index (χ4n) is 3.26. The van der Waals surface area contributed by atoms with Crippen molar-refractivity contribution in [2.45, 2.75) is 6.42 Å². The third-order valence-corrected chi connectivity index (χ3v) is 4.83. The van der Waals surface area contributed by atoms with Crippen LogP contribution in [0.3, 0.4) is 0 Å². The zero-order valence-corrected chi connectivity index (χ0v) is 15.7. The molecule has 0 spiro atoms. The average molecular weight is 371 g/mol. The Morgan fingerprint density at radius 3 is 2.52 bits per heavy atom. The number of carbonyl (C=O) groups is 1. The van der Waals surface area contributed by atoms with Gasteiger partial charge in [-0.05, 0) is 55.4 Å². The van der Waals surface area contributed by atoms with Crippen LogP contribution in [0, 0.1) is 5.82 Å². The van der Waals surface area contributed by atoms with Gasteiger partial charge in [-0.25, -0.2) is 4.39 Å². The number of anilines is 1. The molecule has 1 fully saturated rings. The standard InChI is InChI=1S/C21H26FN3O2/c1-27-20-8-6-19(7-9-20)25-14-12-24(13-15-25)11-3-10-23-21(26)17-4-2-5-18(22)16-17/h2,4-9,16H,3,10-15H2,1H3,(H,23,26). The lowest BCUT2D eigenvalue weighted by atomic mass is 10.2. The molecule has 0 unspecified atom stereocenters. The summed E-state index contributed by atoms with van der Waals surface area (Å²) in [7, 11) is 1.67. The number of rotatable bonds is 7. The second kappa shape index (κ2) is 9.37. The largest absolute Gasteiger partial charge is 0.497 e. The Kier molecular flexibility index (Phi) is 6.65. The van der Waals surface area contributed by atoms with Gasteiger partial charge in [-0.3, -0.25) is 9.69 Å². The number of halogens is 1. The highest BCUT2D eigenvalue weighted by Crippen LogP contribution is 2.20. The number of methoxy groups -OCH3 is 1. The SMILES string of the molecule is COc1ccc(N2CCN(CCCNC(=O)c3cccc(F)c3)CC2)cc1. The minimum Gasteiger partial charge on any atom is -0.497 e. The molecule has 1 amide bonds. The third kappa shape index (κ3) is 5.44. The van der Waals surface area contributed by atoms with Gasteiger partial charge in [0.1, 0.15) is 11.6 Å². The molecule has 0 radical (unpaired) electrons. The second-order valence-corrected chi connectivity index (χ2v) is 6.65. The van der Waals surface area contributed by atoms with Gasteiger partial charge in [-0.1, -0.05) is 6.07 Å². The predicted molar refractivity (Wildman–Crippen MR) is 105 cm³/mol. The van der Waals surface area contributed by atoms with Crippen LogP contribution in [0.25, 0.3) is 0 Å². The molecule has 1 saturated heterocycles. The van der Waals surface area contributed by atoms with Crippen LogP contribution in [0.15, 0.2) is 48.5 Å². The monoisotopic (exact) mass is 371 g/mol. The van der Waals surface area contributed by atoms with E-state index in [4.69, 9.17) is 4.74 Å². The zero-order valence-electron chi connectivity index (χ0n) is 15.7. The lowest BCUT2D eigenvalue weighted by molar-refractivity contribution is 0.0951. The van der Waals surface area contributed by atoms with E-state index in [1.807, 2.05) is 12.1 Å². The van der Waals surface area contributed by atoms with Gasteiger partial charge in [0.05, 0.1) is 7.11 Å². The van der Waals surface area contributed by atoms with Gasteiger partial charge in [0.25, 0.3) is 5.91 Å². The Morgan fingerprint density at radius 1 is 1.11 bits per heavy atom. The van der Waals surface area contributed by atoms with Crippen molar-refractivity contribution < 1.29 is 13.9 Å². The topological polar surface area (TPSA) is 44.8 Å². The first kappa shape index (κ1) is 19.2. The van der Waals surface area contributed by atoms with Crippen molar-refractivity contribution in [2.75, 3.05) is 51.3 Å². The maximum absolute atomic E-state index is 13.2. The molecule has 2 aromatic rings. The Morgan fingerprint density at radius 2 is 1.85 bits per heavy atom. The van der Waals surface area contributed by atoms with Crippen molar-refractivity contribution in [2.24, 2.45) is 0 Å². The van der Waals surface area contributed by atoms with E-state index in [2.05, 4.69) is 27.2 Å². The lowest BCUT2D eigenvalue weighted by Gasteiger charge is -2.36. The fourth-order valence-corrected chi connectivity index (χ4v) is 3.26. The van der Waals surface area contributed by atoms with Gasteiger partial charge in [0.15, 0.2) is 0 Å². The highest BCUT2D eigenvalue weighted by molar-refractivity contribution is 5.94. The number of benzene rings is 2. The van der Waals surface area contributed by atoms with Gasteiger partial charge in [-0.2, -0.15) is 0 Å². The summed E-state index contributed by atoms with van der Waals surface area (Å²) in [5.41, 5.74) is 1.58. The molecule has 3 rings (SSSR count). The minimum absolute atomic E-state index is 0.223. The Hall–Kier alpha value is -2.60. The highest BCUT2D eigenvalue weighted by Gasteiger charge is 2.17. The van der Waals surface area contributed by atoms with E-state index in [0.717, 1.165) is 44.9 Å². The Labute approximate surface area is 159 Å². The summed E-state index contributed by atoms with van der Waals surface area (Å²) in [4.78, 5) is 16.8. The summed E-state index contributed by atoms with van der Waals surface area (Å²) >= 11 is 0. The first-order chi connectivity index (χ1) is 13.2. The van der Waals surface area contributed by atoms with Crippen LogP contribution in [0.2, 0.25) is 0 Å². The van der Waals surface area contributed by atoms with Crippen LogP contribution in [-0.2, 0) is 0 Å². The normalized spacial score (nSPS) is 14.8. The third-order valence-electron chi connectivity index (χ3n) is 4.83. The molecule has 0 aromatic heterocycles. The summed E-state index contributed by atoms with van der Waals surface area (Å²) in [6.45, 7) is 5.52. The van der Waals surface area contributed by atoms with E-state index in [9.17, 15) is 9.18 Å². The van der Waals surface area contributed by atoms with Crippen molar-refractivity contribution >= 4 is 11.6 Å². The van der Waals surface area contributed by atoms with E-state index >= 15 is 0 Å². The van der Waals surface area contributed by atoms with E-state index in [-0.39, 0.29) is 5.91 Å². The molecule has 5 nitrogen and oxygen atoms in total. The van der Waals surface area contributed by atoms with Gasteiger partial charge in [-0.15, -0.1) is 0 Å². The summed E-state index contributed by atoms with van der Waals surface area (Å²) < 4.78 is 18.4. The number of nitrogens with one attached hydrogen (secondary N) is 1. The molecule has 27 heavy (non-hydrogen) atoms. The number of carbonyl (C=O) groups excluding carboxylic acids is 1. The maximum atomic E-state index is 13.2. The maximum Gasteiger partial charge on any atom is 0.251 e. The minimum atomic E-state index is -0.391. The van der Waals surface area contributed by atoms with Crippen LogP contribution < -0.4 is 15.0 Å². The van der Waals surface area contributed by atoms with Crippen molar-refractivity contribution in [3.05, 3.63) is 59.9 Å². The number of hydrogen-bond acceptors (Lipinski definition) is 4. The molecule has 0 saturated carbocycles. The molecular weight excluding hydrogens is 345 g/mol. The summed E-state index contributed by atoms with van der Waals surface area (Å²) in [5, 5.41) is 2.86.